The molecule has 1 aliphatic rings. The fourth-order valence-electron chi connectivity index (χ4n) is 3.71. The molecule has 11 heteroatoms. The van der Waals surface area contributed by atoms with E-state index in [1.165, 1.54) is 12.1 Å². The van der Waals surface area contributed by atoms with Crippen LogP contribution in [0.3, 0.4) is 0 Å². The maximum atomic E-state index is 13.2. The first kappa shape index (κ1) is 23.3. The third kappa shape index (κ3) is 5.65. The van der Waals surface area contributed by atoms with Crippen LogP contribution in [0.25, 0.3) is 0 Å². The molecule has 3 rings (SSSR count). The first-order chi connectivity index (χ1) is 14.5. The molecule has 31 heavy (non-hydrogen) atoms. The van der Waals surface area contributed by atoms with Gasteiger partial charge in [-0.15, -0.1) is 0 Å². The molecule has 0 aliphatic heterocycles. The smallest absolute Gasteiger partial charge is 0.362 e. The van der Waals surface area contributed by atoms with Gasteiger partial charge < -0.3 is 10.2 Å². The lowest BCUT2D eigenvalue weighted by Gasteiger charge is -2.30. The lowest BCUT2D eigenvalue weighted by atomic mass is 9.92. The molecular weight excluding hydrogens is 431 g/mol. The lowest BCUT2D eigenvalue weighted by Crippen LogP contribution is -2.40. The molecule has 0 saturated heterocycles. The summed E-state index contributed by atoms with van der Waals surface area (Å²) in [4.78, 5) is 9.95. The minimum Gasteiger partial charge on any atom is -0.362 e. The van der Waals surface area contributed by atoms with Gasteiger partial charge in [0.25, 0.3) is 0 Å². The van der Waals surface area contributed by atoms with E-state index in [1.807, 2.05) is 25.9 Å². The number of aryl methyl sites for hydroxylation is 1. The normalized spacial score (nSPS) is 19.8. The Bertz CT molecular complexity index is 1020. The fourth-order valence-corrected chi connectivity index (χ4v) is 5.24. The number of hydrogen-bond donors (Lipinski definition) is 2. The summed E-state index contributed by atoms with van der Waals surface area (Å²) in [7, 11) is -0.498. The van der Waals surface area contributed by atoms with E-state index in [-0.39, 0.29) is 6.04 Å². The molecule has 2 aromatic rings. The molecule has 1 saturated carbocycles. The van der Waals surface area contributed by atoms with E-state index in [2.05, 4.69) is 20.0 Å². The van der Waals surface area contributed by atoms with Crippen molar-refractivity contribution in [1.29, 1.82) is 0 Å². The molecule has 7 nitrogen and oxygen atoms in total. The zero-order valence-electron chi connectivity index (χ0n) is 17.6. The van der Waals surface area contributed by atoms with Crippen molar-refractivity contribution < 1.29 is 21.6 Å². The van der Waals surface area contributed by atoms with Crippen LogP contribution in [0.15, 0.2) is 35.4 Å². The molecule has 1 fully saturated rings. The van der Waals surface area contributed by atoms with Crippen molar-refractivity contribution in [2.75, 3.05) is 24.3 Å². The van der Waals surface area contributed by atoms with Crippen LogP contribution in [-0.4, -0.2) is 44.6 Å². The van der Waals surface area contributed by atoms with Gasteiger partial charge in [0, 0.05) is 37.9 Å². The number of nitrogens with one attached hydrogen (secondary N) is 2. The summed E-state index contributed by atoms with van der Waals surface area (Å²) in [6, 6.07) is 3.84. The summed E-state index contributed by atoms with van der Waals surface area (Å²) < 4.78 is 67.3. The van der Waals surface area contributed by atoms with Crippen molar-refractivity contribution in [1.82, 2.24) is 14.7 Å². The molecule has 0 amide bonds. The first-order valence-electron chi connectivity index (χ1n) is 9.93. The van der Waals surface area contributed by atoms with Crippen molar-refractivity contribution in [3.05, 3.63) is 41.6 Å². The van der Waals surface area contributed by atoms with Gasteiger partial charge in [0.2, 0.25) is 16.0 Å². The standard InChI is InChI=1S/C20H26F3N5O2S/c1-13-12-24-19(26-18(13)28(2)3)25-14-8-10-15(11-9-14)27-31(29,30)17-7-5-4-6-16(17)20(21,22)23/h4-7,12,14-15,27H,8-11H2,1-3H3,(H,24,25,26). The van der Waals surface area contributed by atoms with E-state index in [0.29, 0.717) is 31.6 Å². The average molecular weight is 458 g/mol. The molecule has 0 unspecified atom stereocenters. The van der Waals surface area contributed by atoms with Crippen LogP contribution in [0, 0.1) is 6.92 Å². The van der Waals surface area contributed by atoms with Crippen molar-refractivity contribution >= 4 is 21.8 Å². The monoisotopic (exact) mass is 457 g/mol. The maximum absolute atomic E-state index is 13.2. The Morgan fingerprint density at radius 1 is 1.06 bits per heavy atom. The van der Waals surface area contributed by atoms with Gasteiger partial charge in [-0.2, -0.15) is 18.2 Å². The number of rotatable bonds is 6. The molecular formula is C20H26F3N5O2S. The molecule has 0 bridgehead atoms. The Kier molecular flexibility index (Phi) is 6.75. The van der Waals surface area contributed by atoms with Crippen molar-refractivity contribution in [2.24, 2.45) is 0 Å². The van der Waals surface area contributed by atoms with Crippen molar-refractivity contribution in [3.8, 4) is 0 Å². The minimum absolute atomic E-state index is 0.0564. The van der Waals surface area contributed by atoms with Gasteiger partial charge in [-0.1, -0.05) is 12.1 Å². The van der Waals surface area contributed by atoms with Crippen LogP contribution in [0.1, 0.15) is 36.8 Å². The van der Waals surface area contributed by atoms with Crippen LogP contribution in [-0.2, 0) is 16.2 Å². The maximum Gasteiger partial charge on any atom is 0.417 e. The van der Waals surface area contributed by atoms with Gasteiger partial charge >= 0.3 is 6.18 Å². The molecule has 1 aromatic heterocycles. The molecule has 1 aliphatic carbocycles. The number of nitrogens with zero attached hydrogens (tertiary/aromatic N) is 3. The quantitative estimate of drug-likeness (QED) is 0.690. The third-order valence-corrected chi connectivity index (χ3v) is 6.81. The van der Waals surface area contributed by atoms with E-state index in [4.69, 9.17) is 0 Å². The zero-order chi connectivity index (χ0) is 22.8. The van der Waals surface area contributed by atoms with Crippen LogP contribution in [0.2, 0.25) is 0 Å². The van der Waals surface area contributed by atoms with E-state index >= 15 is 0 Å². The zero-order valence-corrected chi connectivity index (χ0v) is 18.4. The van der Waals surface area contributed by atoms with Gasteiger partial charge in [-0.05, 0) is 44.7 Å². The molecule has 1 heterocycles. The van der Waals surface area contributed by atoms with Crippen LogP contribution in [0.4, 0.5) is 24.9 Å². The first-order valence-corrected chi connectivity index (χ1v) is 11.4. The molecule has 2 N–H and O–H groups in total. The number of sulfonamides is 1. The highest BCUT2D eigenvalue weighted by molar-refractivity contribution is 7.89. The van der Waals surface area contributed by atoms with Crippen LogP contribution < -0.4 is 14.9 Å². The fraction of sp³-hybridized carbons (Fsp3) is 0.500. The molecule has 0 radical (unpaired) electrons. The number of aromatic nitrogens is 2. The van der Waals surface area contributed by atoms with Crippen molar-refractivity contribution in [2.45, 2.75) is 55.8 Å². The predicted molar refractivity (Wildman–Crippen MR) is 113 cm³/mol. The molecule has 170 valence electrons. The highest BCUT2D eigenvalue weighted by atomic mass is 32.2. The van der Waals surface area contributed by atoms with E-state index < -0.39 is 32.7 Å². The second-order valence-electron chi connectivity index (χ2n) is 7.90. The summed E-state index contributed by atoms with van der Waals surface area (Å²) in [6.07, 6.45) is -0.727. The Morgan fingerprint density at radius 2 is 1.68 bits per heavy atom. The van der Waals surface area contributed by atoms with Gasteiger partial charge in [0.05, 0.1) is 10.5 Å². The Balaban J connectivity index is 1.63. The SMILES string of the molecule is Cc1cnc(NC2CCC(NS(=O)(=O)c3ccccc3C(F)(F)F)CC2)nc1N(C)C. The summed E-state index contributed by atoms with van der Waals surface area (Å²) in [5, 5.41) is 3.27. The largest absolute Gasteiger partial charge is 0.417 e. The number of halogens is 3. The van der Waals surface area contributed by atoms with Crippen molar-refractivity contribution in [3.63, 3.8) is 0 Å². The van der Waals surface area contributed by atoms with E-state index in [1.54, 1.807) is 6.20 Å². The number of hydrogen-bond acceptors (Lipinski definition) is 6. The Morgan fingerprint density at radius 3 is 2.29 bits per heavy atom. The highest BCUT2D eigenvalue weighted by Gasteiger charge is 2.37. The highest BCUT2D eigenvalue weighted by Crippen LogP contribution is 2.34. The summed E-state index contributed by atoms with van der Waals surface area (Å²) in [5.41, 5.74) is -0.209. The lowest BCUT2D eigenvalue weighted by molar-refractivity contribution is -0.139. The summed E-state index contributed by atoms with van der Waals surface area (Å²) in [6.45, 7) is 1.92. The summed E-state index contributed by atoms with van der Waals surface area (Å²) >= 11 is 0. The van der Waals surface area contributed by atoms with Crippen LogP contribution in [0.5, 0.6) is 0 Å². The summed E-state index contributed by atoms with van der Waals surface area (Å²) in [5.74, 6) is 1.31. The van der Waals surface area contributed by atoms with Gasteiger partial charge in [-0.3, -0.25) is 0 Å². The second kappa shape index (κ2) is 8.99. The minimum atomic E-state index is -4.74. The topological polar surface area (TPSA) is 87.2 Å². The Labute approximate surface area is 180 Å². The molecule has 1 aromatic carbocycles. The number of alkyl halides is 3. The predicted octanol–water partition coefficient (Wildman–Crippen LogP) is 3.57. The second-order valence-corrected chi connectivity index (χ2v) is 9.59. The van der Waals surface area contributed by atoms with Gasteiger partial charge in [-0.25, -0.2) is 18.1 Å². The third-order valence-electron chi connectivity index (χ3n) is 5.23. The van der Waals surface area contributed by atoms with E-state index in [0.717, 1.165) is 23.5 Å². The van der Waals surface area contributed by atoms with Crippen LogP contribution >= 0.6 is 0 Å². The average Bonchev–Trinajstić information content (AvgIpc) is 2.70. The van der Waals surface area contributed by atoms with E-state index in [9.17, 15) is 21.6 Å². The van der Waals surface area contributed by atoms with Gasteiger partial charge in [0.1, 0.15) is 5.82 Å². The number of anilines is 2. The van der Waals surface area contributed by atoms with Gasteiger partial charge in [0.15, 0.2) is 0 Å². The molecule has 0 spiro atoms. The Hall–Kier alpha value is -2.40. The number of benzene rings is 1. The molecule has 0 atom stereocenters.